The minimum Gasteiger partial charge on any atom is -0.454 e. The van der Waals surface area contributed by atoms with Gasteiger partial charge in [-0.25, -0.2) is 4.79 Å². The van der Waals surface area contributed by atoms with Crippen LogP contribution in [0.1, 0.15) is 12.8 Å². The molecule has 0 aliphatic carbocycles. The molecule has 0 N–H and O–H groups in total. The van der Waals surface area contributed by atoms with Crippen molar-refractivity contribution in [1.82, 2.24) is 14.7 Å². The molecule has 1 aromatic heterocycles. The van der Waals surface area contributed by atoms with Crippen LogP contribution >= 0.6 is 0 Å². The maximum Gasteiger partial charge on any atom is 0.437 e. The van der Waals surface area contributed by atoms with Crippen LogP contribution in [0.2, 0.25) is 0 Å². The van der Waals surface area contributed by atoms with Crippen molar-refractivity contribution in [3.63, 3.8) is 0 Å². The Hall–Kier alpha value is -3.23. The molecule has 1 fully saturated rings. The van der Waals surface area contributed by atoms with E-state index in [9.17, 15) is 19.2 Å². The monoisotopic (exact) mass is 345 g/mol. The molecular formula is C16H15N3O6. The number of esters is 1. The van der Waals surface area contributed by atoms with Gasteiger partial charge in [-0.1, -0.05) is 18.2 Å². The van der Waals surface area contributed by atoms with Gasteiger partial charge in [-0.3, -0.25) is 19.3 Å². The van der Waals surface area contributed by atoms with Gasteiger partial charge >= 0.3 is 11.7 Å². The number of hydrogen-bond acceptors (Lipinski definition) is 7. The second-order valence-corrected chi connectivity index (χ2v) is 5.40. The van der Waals surface area contributed by atoms with Crippen molar-refractivity contribution in [2.24, 2.45) is 0 Å². The van der Waals surface area contributed by atoms with E-state index in [4.69, 9.17) is 9.15 Å². The highest BCUT2D eigenvalue weighted by atomic mass is 16.5. The highest BCUT2D eigenvalue weighted by Gasteiger charge is 2.27. The highest BCUT2D eigenvalue weighted by Crippen LogP contribution is 2.14. The van der Waals surface area contributed by atoms with Crippen molar-refractivity contribution in [3.8, 4) is 11.5 Å². The van der Waals surface area contributed by atoms with Crippen LogP contribution in [0.5, 0.6) is 0 Å². The van der Waals surface area contributed by atoms with Crippen molar-refractivity contribution >= 4 is 17.8 Å². The summed E-state index contributed by atoms with van der Waals surface area (Å²) in [6.45, 7) is -0.711. The molecule has 0 spiro atoms. The number of aromatic nitrogens is 2. The van der Waals surface area contributed by atoms with E-state index < -0.39 is 30.8 Å². The summed E-state index contributed by atoms with van der Waals surface area (Å²) in [6, 6.07) is 8.74. The van der Waals surface area contributed by atoms with Gasteiger partial charge in [-0.15, -0.1) is 5.10 Å². The molecule has 1 aliphatic rings. The van der Waals surface area contributed by atoms with E-state index >= 15 is 0 Å². The summed E-state index contributed by atoms with van der Waals surface area (Å²) in [7, 11) is 0. The molecule has 0 bridgehead atoms. The van der Waals surface area contributed by atoms with E-state index in [0.29, 0.717) is 24.9 Å². The second-order valence-electron chi connectivity index (χ2n) is 5.40. The van der Waals surface area contributed by atoms with Gasteiger partial charge in [0.25, 0.3) is 5.91 Å². The van der Waals surface area contributed by atoms with E-state index in [1.165, 1.54) is 0 Å². The lowest BCUT2D eigenvalue weighted by Crippen LogP contribution is -2.36. The maximum absolute atomic E-state index is 11.8. The quantitative estimate of drug-likeness (QED) is 0.711. The van der Waals surface area contributed by atoms with Crippen LogP contribution in [0.3, 0.4) is 0 Å². The van der Waals surface area contributed by atoms with Gasteiger partial charge in [0, 0.05) is 18.5 Å². The number of benzene rings is 1. The summed E-state index contributed by atoms with van der Waals surface area (Å²) in [5.74, 6) is -2.40. The van der Waals surface area contributed by atoms with Gasteiger partial charge in [0.15, 0.2) is 6.61 Å². The van der Waals surface area contributed by atoms with Crippen LogP contribution in [0.25, 0.3) is 11.5 Å². The fourth-order valence-corrected chi connectivity index (χ4v) is 2.40. The van der Waals surface area contributed by atoms with Crippen LogP contribution in [0.15, 0.2) is 39.5 Å². The molecule has 3 rings (SSSR count). The molecule has 25 heavy (non-hydrogen) atoms. The topological polar surface area (TPSA) is 112 Å². The number of ether oxygens (including phenoxy) is 1. The molecular weight excluding hydrogens is 330 g/mol. The molecule has 1 aromatic carbocycles. The van der Waals surface area contributed by atoms with Gasteiger partial charge in [0.05, 0.1) is 0 Å². The first-order chi connectivity index (χ1) is 12.0. The Morgan fingerprint density at radius 1 is 1.20 bits per heavy atom. The van der Waals surface area contributed by atoms with Gasteiger partial charge in [0.1, 0.15) is 6.54 Å². The molecule has 2 aromatic rings. The Morgan fingerprint density at radius 3 is 2.64 bits per heavy atom. The number of likely N-dealkylation sites (tertiary alicyclic amines) is 1. The fraction of sp³-hybridized carbons (Fsp3) is 0.312. The van der Waals surface area contributed by atoms with Crippen molar-refractivity contribution in [1.29, 1.82) is 0 Å². The van der Waals surface area contributed by atoms with Crippen molar-refractivity contribution in [2.75, 3.05) is 13.2 Å². The van der Waals surface area contributed by atoms with Gasteiger partial charge in [-0.2, -0.15) is 4.68 Å². The third kappa shape index (κ3) is 3.82. The molecule has 0 unspecified atom stereocenters. The molecule has 0 radical (unpaired) electrons. The lowest BCUT2D eigenvalue weighted by Gasteiger charge is -2.13. The second kappa shape index (κ2) is 7.12. The predicted octanol–water partition coefficient (Wildman–Crippen LogP) is 0.195. The van der Waals surface area contributed by atoms with Crippen LogP contribution in [-0.4, -0.2) is 45.6 Å². The first-order valence-corrected chi connectivity index (χ1v) is 7.67. The van der Waals surface area contributed by atoms with Crippen LogP contribution in [-0.2, 0) is 25.7 Å². The molecule has 130 valence electrons. The lowest BCUT2D eigenvalue weighted by atomic mass is 10.2. The summed E-state index contributed by atoms with van der Waals surface area (Å²) >= 11 is 0. The lowest BCUT2D eigenvalue weighted by molar-refractivity contribution is -0.155. The summed E-state index contributed by atoms with van der Waals surface area (Å²) in [4.78, 5) is 47.8. The zero-order chi connectivity index (χ0) is 17.8. The van der Waals surface area contributed by atoms with E-state index in [0.717, 1.165) is 9.58 Å². The number of carbonyl (C=O) groups is 3. The molecule has 2 amide bonds. The minimum absolute atomic E-state index is 0.0807. The van der Waals surface area contributed by atoms with Crippen molar-refractivity contribution < 1.29 is 23.5 Å². The number of hydrogen-bond donors (Lipinski definition) is 0. The Morgan fingerprint density at radius 2 is 1.96 bits per heavy atom. The molecule has 0 saturated carbocycles. The average molecular weight is 345 g/mol. The zero-order valence-electron chi connectivity index (χ0n) is 13.2. The number of amides is 2. The molecule has 0 atom stereocenters. The number of nitrogens with zero attached hydrogens (tertiary/aromatic N) is 3. The van der Waals surface area contributed by atoms with Crippen LogP contribution < -0.4 is 5.76 Å². The summed E-state index contributed by atoms with van der Waals surface area (Å²) < 4.78 is 10.6. The van der Waals surface area contributed by atoms with E-state index in [1.807, 2.05) is 0 Å². The normalized spacial score (nSPS) is 13.9. The number of imide groups is 1. The first-order valence-electron chi connectivity index (χ1n) is 7.67. The first kappa shape index (κ1) is 16.6. The summed E-state index contributed by atoms with van der Waals surface area (Å²) in [6.07, 6.45) is 0.922. The zero-order valence-corrected chi connectivity index (χ0v) is 13.2. The van der Waals surface area contributed by atoms with Gasteiger partial charge in [-0.05, 0) is 18.6 Å². The summed E-state index contributed by atoms with van der Waals surface area (Å²) in [5, 5.41) is 3.92. The number of carbonyl (C=O) groups excluding carboxylic acids is 3. The van der Waals surface area contributed by atoms with Crippen LogP contribution in [0, 0.1) is 0 Å². The highest BCUT2D eigenvalue weighted by molar-refractivity contribution is 5.97. The average Bonchev–Trinajstić information content (AvgIpc) is 3.20. The van der Waals surface area contributed by atoms with Crippen LogP contribution in [0.4, 0.5) is 0 Å². The minimum atomic E-state index is -0.824. The molecule has 9 nitrogen and oxygen atoms in total. The third-order valence-corrected chi connectivity index (χ3v) is 3.64. The Balaban J connectivity index is 1.58. The fourth-order valence-electron chi connectivity index (χ4n) is 2.40. The Kier molecular flexibility index (Phi) is 4.73. The number of rotatable bonds is 5. The standard InChI is InChI=1S/C16H15N3O6/c20-12-7-4-8-18(12)13(21)10-24-14(22)9-19-16(23)25-15(17-19)11-5-2-1-3-6-11/h1-3,5-6H,4,7-10H2. The van der Waals surface area contributed by atoms with Crippen molar-refractivity contribution in [3.05, 3.63) is 40.9 Å². The Labute approximate surface area is 141 Å². The molecule has 1 aliphatic heterocycles. The Bertz CT molecular complexity index is 854. The third-order valence-electron chi connectivity index (χ3n) is 3.64. The largest absolute Gasteiger partial charge is 0.454 e. The van der Waals surface area contributed by atoms with E-state index in [2.05, 4.69) is 5.10 Å². The van der Waals surface area contributed by atoms with Crippen molar-refractivity contribution in [2.45, 2.75) is 19.4 Å². The molecule has 1 saturated heterocycles. The van der Waals surface area contributed by atoms with Gasteiger partial charge < -0.3 is 9.15 Å². The predicted molar refractivity (Wildman–Crippen MR) is 83.1 cm³/mol. The smallest absolute Gasteiger partial charge is 0.437 e. The van der Waals surface area contributed by atoms with E-state index in [1.54, 1.807) is 30.3 Å². The molecule has 9 heteroatoms. The van der Waals surface area contributed by atoms with Gasteiger partial charge in [0.2, 0.25) is 11.8 Å². The maximum atomic E-state index is 11.8. The summed E-state index contributed by atoms with van der Waals surface area (Å²) in [5.41, 5.74) is 0.592. The van der Waals surface area contributed by atoms with E-state index in [-0.39, 0.29) is 11.8 Å². The molecule has 2 heterocycles. The SMILES string of the molecule is O=C(Cn1nc(-c2ccccc2)oc1=O)OCC(=O)N1CCCC1=O.